The van der Waals surface area contributed by atoms with Crippen molar-refractivity contribution in [3.63, 3.8) is 0 Å². The number of rotatable bonds is 8. The summed E-state index contributed by atoms with van der Waals surface area (Å²) in [6, 6.07) is 17.3. The molecule has 1 unspecified atom stereocenters. The highest BCUT2D eigenvalue weighted by molar-refractivity contribution is 7.18. The van der Waals surface area contributed by atoms with Crippen molar-refractivity contribution in [3.8, 4) is 0 Å². The first-order valence-corrected chi connectivity index (χ1v) is 12.8. The van der Waals surface area contributed by atoms with E-state index in [1.54, 1.807) is 0 Å². The zero-order chi connectivity index (χ0) is 22.5. The minimum absolute atomic E-state index is 0.568. The fourth-order valence-electron chi connectivity index (χ4n) is 4.59. The molecule has 2 aromatic carbocycles. The number of nitrogens with zero attached hydrogens (tertiary/aromatic N) is 2. The van der Waals surface area contributed by atoms with Gasteiger partial charge < -0.3 is 4.90 Å². The lowest BCUT2D eigenvalue weighted by Gasteiger charge is -2.27. The van der Waals surface area contributed by atoms with Gasteiger partial charge in [0, 0.05) is 30.6 Å². The Bertz CT molecular complexity index is 1160. The van der Waals surface area contributed by atoms with Gasteiger partial charge in [0.05, 0.1) is 0 Å². The first-order chi connectivity index (χ1) is 15.6. The van der Waals surface area contributed by atoms with Crippen molar-refractivity contribution in [2.45, 2.75) is 46.0 Å². The van der Waals surface area contributed by atoms with E-state index in [1.807, 2.05) is 11.3 Å². The van der Waals surface area contributed by atoms with E-state index in [-0.39, 0.29) is 0 Å². The fourth-order valence-corrected chi connectivity index (χ4v) is 5.70. The number of aryl methyl sites for hydroxylation is 1. The molecule has 3 aromatic rings. The van der Waals surface area contributed by atoms with E-state index < -0.39 is 0 Å². The van der Waals surface area contributed by atoms with Crippen LogP contribution in [0.2, 0.25) is 0 Å². The van der Waals surface area contributed by atoms with E-state index in [1.165, 1.54) is 63.4 Å². The van der Waals surface area contributed by atoms with Gasteiger partial charge in [-0.05, 0) is 54.2 Å². The third-order valence-corrected chi connectivity index (χ3v) is 7.78. The highest BCUT2D eigenvalue weighted by atomic mass is 32.1. The minimum atomic E-state index is 0.568. The van der Waals surface area contributed by atoms with Crippen LogP contribution in [0.25, 0.3) is 22.4 Å². The molecule has 0 radical (unpaired) electrons. The maximum absolute atomic E-state index is 2.44. The number of hydrogen-bond acceptors (Lipinski definition) is 2. The molecular weight excluding hydrogens is 408 g/mol. The molecule has 0 fully saturated rings. The summed E-state index contributed by atoms with van der Waals surface area (Å²) in [5.41, 5.74) is 6.55. The Morgan fingerprint density at radius 2 is 1.81 bits per heavy atom. The number of anilines is 1. The van der Waals surface area contributed by atoms with Crippen LogP contribution in [-0.4, -0.2) is 7.05 Å². The first kappa shape index (κ1) is 22.5. The van der Waals surface area contributed by atoms with E-state index in [0.717, 1.165) is 6.42 Å². The molecule has 0 amide bonds. The standard InChI is InChI=1S/C29H35N2S/c1-5-7-8-13-22(6-2)24(21-29-31(4)27-16-11-12-17-28(27)32-29)20-25-19-18-23-14-9-10-15-26(23)30(25)3/h9-12,14-22H,5-8,13H2,1-4H3/q+1. The van der Waals surface area contributed by atoms with Crippen LogP contribution in [0.3, 0.4) is 0 Å². The molecule has 0 saturated carbocycles. The predicted octanol–water partition coefficient (Wildman–Crippen LogP) is 7.76. The Morgan fingerprint density at radius 3 is 2.59 bits per heavy atom. The molecular formula is C29H35N2S+. The quantitative estimate of drug-likeness (QED) is 0.255. The largest absolute Gasteiger partial charge is 0.344 e. The summed E-state index contributed by atoms with van der Waals surface area (Å²) in [4.78, 5) is 2.33. The van der Waals surface area contributed by atoms with Crippen molar-refractivity contribution in [3.05, 3.63) is 82.5 Å². The lowest BCUT2D eigenvalue weighted by Crippen LogP contribution is -2.29. The molecule has 2 nitrogen and oxygen atoms in total. The molecule has 1 aliphatic rings. The van der Waals surface area contributed by atoms with Crippen molar-refractivity contribution in [1.29, 1.82) is 0 Å². The number of unbranched alkanes of at least 4 members (excludes halogenated alkanes) is 2. The summed E-state index contributed by atoms with van der Waals surface area (Å²) in [6.07, 6.45) is 15.7. The monoisotopic (exact) mass is 443 g/mol. The molecule has 0 saturated heterocycles. The number of aromatic nitrogens is 1. The second-order valence-corrected chi connectivity index (χ2v) is 9.79. The van der Waals surface area contributed by atoms with Crippen LogP contribution >= 0.6 is 11.3 Å². The molecule has 0 aliphatic carbocycles. The van der Waals surface area contributed by atoms with Crippen LogP contribution in [0.15, 0.2) is 72.0 Å². The van der Waals surface area contributed by atoms with Gasteiger partial charge in [0.1, 0.15) is 11.7 Å². The van der Waals surface area contributed by atoms with Gasteiger partial charge in [0.25, 0.3) is 5.01 Å². The van der Waals surface area contributed by atoms with Gasteiger partial charge in [-0.2, -0.15) is 4.57 Å². The molecule has 1 aromatic heterocycles. The lowest BCUT2D eigenvalue weighted by atomic mass is 9.89. The number of likely N-dealkylation sites (N-methyl/N-ethyl adjacent to an activating group) is 1. The molecule has 3 heteroatoms. The van der Waals surface area contributed by atoms with E-state index in [2.05, 4.69) is 110 Å². The van der Waals surface area contributed by atoms with Crippen LogP contribution in [0.1, 0.15) is 56.5 Å². The number of hydrogen-bond donors (Lipinski definition) is 0. The van der Waals surface area contributed by atoms with Gasteiger partial charge in [-0.25, -0.2) is 0 Å². The first-order valence-electron chi connectivity index (χ1n) is 11.9. The van der Waals surface area contributed by atoms with Crippen molar-refractivity contribution >= 4 is 39.4 Å². The van der Waals surface area contributed by atoms with E-state index >= 15 is 0 Å². The van der Waals surface area contributed by atoms with Crippen LogP contribution in [0.5, 0.6) is 0 Å². The topological polar surface area (TPSA) is 7.12 Å². The number of allylic oxidation sites excluding steroid dienone is 3. The normalized spacial score (nSPS) is 16.1. The summed E-state index contributed by atoms with van der Waals surface area (Å²) in [7, 11) is 4.37. The van der Waals surface area contributed by atoms with Crippen molar-refractivity contribution < 1.29 is 4.57 Å². The molecule has 32 heavy (non-hydrogen) atoms. The Labute approximate surface area is 197 Å². The van der Waals surface area contributed by atoms with Crippen LogP contribution in [0.4, 0.5) is 5.69 Å². The molecule has 1 atom stereocenters. The van der Waals surface area contributed by atoms with Gasteiger partial charge in [-0.1, -0.05) is 80.9 Å². The number of thiazole rings is 1. The van der Waals surface area contributed by atoms with Crippen LogP contribution < -0.4 is 9.47 Å². The average molecular weight is 444 g/mol. The molecule has 1 aliphatic heterocycles. The van der Waals surface area contributed by atoms with Crippen molar-refractivity contribution in [1.82, 2.24) is 0 Å². The SMILES string of the molecule is CCCCCC(CC)C(=C\c1sc2ccccc2[n+]1C)/C=C1\C=Cc2ccccc2N1C. The molecule has 166 valence electrons. The zero-order valence-corrected chi connectivity index (χ0v) is 20.7. The van der Waals surface area contributed by atoms with Crippen molar-refractivity contribution in [2.24, 2.45) is 13.0 Å². The van der Waals surface area contributed by atoms with Gasteiger partial charge in [-0.3, -0.25) is 0 Å². The predicted molar refractivity (Wildman–Crippen MR) is 141 cm³/mol. The fraction of sp³-hybridized carbons (Fsp3) is 0.345. The Kier molecular flexibility index (Phi) is 7.26. The van der Waals surface area contributed by atoms with Crippen LogP contribution in [0, 0.1) is 5.92 Å². The number of para-hydroxylation sites is 2. The molecule has 0 N–H and O–H groups in total. The minimum Gasteiger partial charge on any atom is -0.344 e. The van der Waals surface area contributed by atoms with Gasteiger partial charge >= 0.3 is 0 Å². The second kappa shape index (κ2) is 10.3. The van der Waals surface area contributed by atoms with E-state index in [9.17, 15) is 0 Å². The smallest absolute Gasteiger partial charge is 0.262 e. The lowest BCUT2D eigenvalue weighted by molar-refractivity contribution is -0.642. The maximum Gasteiger partial charge on any atom is 0.262 e. The van der Waals surface area contributed by atoms with Crippen molar-refractivity contribution in [2.75, 3.05) is 11.9 Å². The van der Waals surface area contributed by atoms with Gasteiger partial charge in [0.2, 0.25) is 5.52 Å². The Morgan fingerprint density at radius 1 is 1.03 bits per heavy atom. The second-order valence-electron chi connectivity index (χ2n) is 8.73. The van der Waals surface area contributed by atoms with E-state index in [4.69, 9.17) is 0 Å². The molecule has 0 spiro atoms. The molecule has 2 heterocycles. The summed E-state index contributed by atoms with van der Waals surface area (Å²) >= 11 is 1.89. The highest BCUT2D eigenvalue weighted by Gasteiger charge is 2.20. The van der Waals surface area contributed by atoms with Crippen LogP contribution in [-0.2, 0) is 7.05 Å². The summed E-state index contributed by atoms with van der Waals surface area (Å²) in [5, 5.41) is 1.31. The molecule has 0 bridgehead atoms. The summed E-state index contributed by atoms with van der Waals surface area (Å²) in [5.74, 6) is 0.568. The highest BCUT2D eigenvalue weighted by Crippen LogP contribution is 2.33. The summed E-state index contributed by atoms with van der Waals surface area (Å²) in [6.45, 7) is 4.62. The maximum atomic E-state index is 2.44. The zero-order valence-electron chi connectivity index (χ0n) is 19.8. The summed E-state index contributed by atoms with van der Waals surface area (Å²) < 4.78 is 3.68. The Hall–Kier alpha value is -2.65. The van der Waals surface area contributed by atoms with E-state index in [0.29, 0.717) is 5.92 Å². The molecule has 4 rings (SSSR count). The Balaban J connectivity index is 1.76. The number of fused-ring (bicyclic) bond motifs is 2. The third kappa shape index (κ3) is 4.73. The number of benzene rings is 2. The average Bonchev–Trinajstić information content (AvgIpc) is 3.13. The van der Waals surface area contributed by atoms with Gasteiger partial charge in [0.15, 0.2) is 0 Å². The van der Waals surface area contributed by atoms with Gasteiger partial charge in [-0.15, -0.1) is 0 Å². The third-order valence-electron chi connectivity index (χ3n) is 6.62.